The van der Waals surface area contributed by atoms with E-state index in [1.54, 1.807) is 24.3 Å². The fourth-order valence-electron chi connectivity index (χ4n) is 3.00. The predicted molar refractivity (Wildman–Crippen MR) is 123 cm³/mol. The molecule has 0 heterocycles. The van der Waals surface area contributed by atoms with Gasteiger partial charge >= 0.3 is 0 Å². The SMILES string of the molecule is CC(NC(=O)c1ccccc1NC(=S)NC(=O)Cc1ccccc1)c1ccccc1. The number of benzene rings is 3. The summed E-state index contributed by atoms with van der Waals surface area (Å²) < 4.78 is 0. The highest BCUT2D eigenvalue weighted by molar-refractivity contribution is 7.80. The molecule has 2 amide bonds. The molecule has 0 fully saturated rings. The molecule has 1 atom stereocenters. The quantitative estimate of drug-likeness (QED) is 0.525. The van der Waals surface area contributed by atoms with Crippen molar-refractivity contribution in [1.29, 1.82) is 0 Å². The van der Waals surface area contributed by atoms with Crippen molar-refractivity contribution in [2.24, 2.45) is 0 Å². The third-order valence-electron chi connectivity index (χ3n) is 4.53. The standard InChI is InChI=1S/C24H23N3O2S/c1-17(19-12-6-3-7-13-19)25-23(29)20-14-8-9-15-21(20)26-24(30)27-22(28)16-18-10-4-2-5-11-18/h2-15,17H,16H2,1H3,(H,25,29)(H2,26,27,28,30). The first-order chi connectivity index (χ1) is 14.5. The van der Waals surface area contributed by atoms with E-state index in [1.807, 2.05) is 67.6 Å². The minimum Gasteiger partial charge on any atom is -0.345 e. The predicted octanol–water partition coefficient (Wildman–Crippen LogP) is 4.23. The van der Waals surface area contributed by atoms with Crippen molar-refractivity contribution in [1.82, 2.24) is 10.6 Å². The molecule has 3 rings (SSSR count). The minimum atomic E-state index is -0.229. The number of nitrogens with one attached hydrogen (secondary N) is 3. The Labute approximate surface area is 181 Å². The van der Waals surface area contributed by atoms with Gasteiger partial charge in [-0.1, -0.05) is 72.8 Å². The van der Waals surface area contributed by atoms with Crippen LogP contribution < -0.4 is 16.0 Å². The Balaban J connectivity index is 1.62. The number of anilines is 1. The molecule has 0 bridgehead atoms. The second kappa shape index (κ2) is 10.3. The molecule has 30 heavy (non-hydrogen) atoms. The van der Waals surface area contributed by atoms with Crippen molar-refractivity contribution < 1.29 is 9.59 Å². The van der Waals surface area contributed by atoms with E-state index in [9.17, 15) is 9.59 Å². The Morgan fingerprint density at radius 1 is 0.867 bits per heavy atom. The van der Waals surface area contributed by atoms with Crippen LogP contribution in [0.15, 0.2) is 84.9 Å². The van der Waals surface area contributed by atoms with Crippen LogP contribution in [0.1, 0.15) is 34.5 Å². The Hall–Kier alpha value is -3.51. The molecule has 3 aromatic carbocycles. The lowest BCUT2D eigenvalue weighted by Crippen LogP contribution is -2.36. The molecular weight excluding hydrogens is 394 g/mol. The van der Waals surface area contributed by atoms with Crippen molar-refractivity contribution in [2.45, 2.75) is 19.4 Å². The molecule has 0 aliphatic heterocycles. The van der Waals surface area contributed by atoms with Gasteiger partial charge < -0.3 is 16.0 Å². The Morgan fingerprint density at radius 2 is 1.47 bits per heavy atom. The van der Waals surface area contributed by atoms with Crippen LogP contribution >= 0.6 is 12.2 Å². The number of hydrogen-bond acceptors (Lipinski definition) is 3. The maximum Gasteiger partial charge on any atom is 0.253 e. The molecule has 0 radical (unpaired) electrons. The van der Waals surface area contributed by atoms with E-state index in [-0.39, 0.29) is 29.4 Å². The van der Waals surface area contributed by atoms with Crippen molar-refractivity contribution in [3.05, 3.63) is 102 Å². The topological polar surface area (TPSA) is 70.2 Å². The highest BCUT2D eigenvalue weighted by Gasteiger charge is 2.16. The summed E-state index contributed by atoms with van der Waals surface area (Å²) in [5.41, 5.74) is 2.88. The number of carbonyl (C=O) groups excluding carboxylic acids is 2. The molecule has 0 saturated heterocycles. The maximum atomic E-state index is 12.8. The molecule has 0 saturated carbocycles. The van der Waals surface area contributed by atoms with E-state index in [4.69, 9.17) is 12.2 Å². The monoisotopic (exact) mass is 417 g/mol. The van der Waals surface area contributed by atoms with Crippen molar-refractivity contribution in [2.75, 3.05) is 5.32 Å². The van der Waals surface area contributed by atoms with Gasteiger partial charge in [0.1, 0.15) is 0 Å². The van der Waals surface area contributed by atoms with Gasteiger partial charge in [0.05, 0.1) is 23.7 Å². The van der Waals surface area contributed by atoms with Gasteiger partial charge in [0.25, 0.3) is 5.91 Å². The first-order valence-corrected chi connectivity index (χ1v) is 10.0. The minimum absolute atomic E-state index is 0.146. The summed E-state index contributed by atoms with van der Waals surface area (Å²) in [6.07, 6.45) is 0.222. The summed E-state index contributed by atoms with van der Waals surface area (Å²) in [5.74, 6) is -0.453. The summed E-state index contributed by atoms with van der Waals surface area (Å²) in [6, 6.07) is 26.0. The second-order valence-electron chi connectivity index (χ2n) is 6.82. The molecule has 3 N–H and O–H groups in total. The first kappa shape index (κ1) is 21.2. The summed E-state index contributed by atoms with van der Waals surface area (Å²) in [6.45, 7) is 1.93. The van der Waals surface area contributed by atoms with E-state index in [0.717, 1.165) is 11.1 Å². The number of thiocarbonyl (C=S) groups is 1. The van der Waals surface area contributed by atoms with E-state index < -0.39 is 0 Å². The summed E-state index contributed by atoms with van der Waals surface area (Å²) in [7, 11) is 0. The number of amides is 2. The summed E-state index contributed by atoms with van der Waals surface area (Å²) in [4.78, 5) is 25.0. The van der Waals surface area contributed by atoms with Crippen LogP contribution in [0.2, 0.25) is 0 Å². The molecular formula is C24H23N3O2S. The molecule has 152 valence electrons. The number of para-hydroxylation sites is 1. The Morgan fingerprint density at radius 3 is 2.17 bits per heavy atom. The lowest BCUT2D eigenvalue weighted by molar-refractivity contribution is -0.119. The van der Waals surface area contributed by atoms with Gasteiger partial charge in [-0.25, -0.2) is 0 Å². The molecule has 1 unspecified atom stereocenters. The van der Waals surface area contributed by atoms with Crippen LogP contribution in [0, 0.1) is 0 Å². The zero-order chi connectivity index (χ0) is 21.3. The highest BCUT2D eigenvalue weighted by Crippen LogP contribution is 2.18. The van der Waals surface area contributed by atoms with E-state index in [1.165, 1.54) is 0 Å². The molecule has 0 spiro atoms. The van der Waals surface area contributed by atoms with E-state index in [0.29, 0.717) is 11.3 Å². The summed E-state index contributed by atoms with van der Waals surface area (Å²) in [5, 5.41) is 8.75. The normalized spacial score (nSPS) is 11.2. The van der Waals surface area contributed by atoms with Crippen LogP contribution in [0.4, 0.5) is 5.69 Å². The van der Waals surface area contributed by atoms with Crippen molar-refractivity contribution in [3.63, 3.8) is 0 Å². The number of hydrogen-bond donors (Lipinski definition) is 3. The number of rotatable bonds is 6. The molecule has 0 aliphatic rings. The van der Waals surface area contributed by atoms with Gasteiger partial charge in [0.15, 0.2) is 5.11 Å². The van der Waals surface area contributed by atoms with Gasteiger partial charge in [-0.15, -0.1) is 0 Å². The Bertz CT molecular complexity index is 1020. The van der Waals surface area contributed by atoms with E-state index in [2.05, 4.69) is 16.0 Å². The zero-order valence-electron chi connectivity index (χ0n) is 16.6. The van der Waals surface area contributed by atoms with Crippen molar-refractivity contribution >= 4 is 34.8 Å². The maximum absolute atomic E-state index is 12.8. The zero-order valence-corrected chi connectivity index (χ0v) is 17.4. The van der Waals surface area contributed by atoms with Gasteiger partial charge in [-0.2, -0.15) is 0 Å². The van der Waals surface area contributed by atoms with Crippen molar-refractivity contribution in [3.8, 4) is 0 Å². The fourth-order valence-corrected chi connectivity index (χ4v) is 3.22. The lowest BCUT2D eigenvalue weighted by atomic mass is 10.1. The molecule has 0 aromatic heterocycles. The fraction of sp³-hybridized carbons (Fsp3) is 0.125. The van der Waals surface area contributed by atoms with Crippen LogP contribution in [-0.2, 0) is 11.2 Å². The van der Waals surface area contributed by atoms with Gasteiger partial charge in [0, 0.05) is 0 Å². The van der Waals surface area contributed by atoms with Crippen LogP contribution in [-0.4, -0.2) is 16.9 Å². The van der Waals surface area contributed by atoms with Crippen LogP contribution in [0.25, 0.3) is 0 Å². The van der Waals surface area contributed by atoms with Crippen LogP contribution in [0.5, 0.6) is 0 Å². The number of carbonyl (C=O) groups is 2. The average molecular weight is 418 g/mol. The third kappa shape index (κ3) is 5.99. The highest BCUT2D eigenvalue weighted by atomic mass is 32.1. The van der Waals surface area contributed by atoms with E-state index >= 15 is 0 Å². The molecule has 3 aromatic rings. The van der Waals surface area contributed by atoms with Crippen LogP contribution in [0.3, 0.4) is 0 Å². The second-order valence-corrected chi connectivity index (χ2v) is 7.22. The largest absolute Gasteiger partial charge is 0.345 e. The molecule has 6 heteroatoms. The van der Waals surface area contributed by atoms with Gasteiger partial charge in [-0.05, 0) is 42.4 Å². The van der Waals surface area contributed by atoms with Gasteiger partial charge in [-0.3, -0.25) is 9.59 Å². The lowest BCUT2D eigenvalue weighted by Gasteiger charge is -2.17. The molecule has 5 nitrogen and oxygen atoms in total. The molecule has 0 aliphatic carbocycles. The average Bonchev–Trinajstić information content (AvgIpc) is 2.75. The summed E-state index contributed by atoms with van der Waals surface area (Å²) >= 11 is 5.26. The Kier molecular flexibility index (Phi) is 7.29. The van der Waals surface area contributed by atoms with Gasteiger partial charge in [0.2, 0.25) is 5.91 Å². The third-order valence-corrected chi connectivity index (χ3v) is 4.73. The first-order valence-electron chi connectivity index (χ1n) is 9.62. The smallest absolute Gasteiger partial charge is 0.253 e.